The van der Waals surface area contributed by atoms with Crippen LogP contribution in [0.15, 0.2) is 48.1 Å². The van der Waals surface area contributed by atoms with Gasteiger partial charge in [-0.15, -0.1) is 11.3 Å². The molecule has 146 valence electrons. The number of aromatic nitrogens is 2. The van der Waals surface area contributed by atoms with Crippen molar-refractivity contribution in [1.29, 1.82) is 5.26 Å². The Morgan fingerprint density at radius 1 is 1.24 bits per heavy atom. The minimum absolute atomic E-state index is 0.0502. The Kier molecular flexibility index (Phi) is 5.25. The van der Waals surface area contributed by atoms with E-state index in [0.717, 1.165) is 15.9 Å². The Hall–Kier alpha value is -3.28. The quantitative estimate of drug-likeness (QED) is 0.447. The van der Waals surface area contributed by atoms with Gasteiger partial charge in [-0.3, -0.25) is 0 Å². The number of nitriles is 1. The van der Waals surface area contributed by atoms with E-state index in [0.29, 0.717) is 17.9 Å². The summed E-state index contributed by atoms with van der Waals surface area (Å²) in [5.74, 6) is -2.01. The van der Waals surface area contributed by atoms with E-state index in [1.54, 1.807) is 43.1 Å². The molecule has 0 aliphatic heterocycles. The summed E-state index contributed by atoms with van der Waals surface area (Å²) in [4.78, 5) is 8.02. The SMILES string of the molecule is COCc1cc(-c2ccc(C(C#N)Nc3ccc4nc[nH]c4c3)c(F)c2F)cs1. The lowest BCUT2D eigenvalue weighted by Gasteiger charge is -2.15. The molecule has 4 rings (SSSR count). The number of aromatic amines is 1. The first kappa shape index (κ1) is 19.1. The standard InChI is InChI=1S/C21H16F2N4OS/c1-28-9-14-6-12(10-29-14)15-3-4-16(21(23)20(15)22)19(8-24)27-13-2-5-17-18(7-13)26-11-25-17/h2-7,10-11,19,27H,9H2,1H3,(H,25,26). The van der Waals surface area contributed by atoms with E-state index in [1.165, 1.54) is 23.5 Å². The number of nitrogens with zero attached hydrogens (tertiary/aromatic N) is 2. The van der Waals surface area contributed by atoms with Crippen LogP contribution in [0.25, 0.3) is 22.2 Å². The van der Waals surface area contributed by atoms with Crippen LogP contribution in [-0.4, -0.2) is 17.1 Å². The number of halogens is 2. The smallest absolute Gasteiger partial charge is 0.167 e. The van der Waals surface area contributed by atoms with Crippen molar-refractivity contribution in [2.45, 2.75) is 12.6 Å². The average Bonchev–Trinajstić information content (AvgIpc) is 3.38. The third kappa shape index (κ3) is 3.70. The molecule has 0 aliphatic carbocycles. The molecule has 2 N–H and O–H groups in total. The lowest BCUT2D eigenvalue weighted by Crippen LogP contribution is -2.11. The number of imidazole rings is 1. The van der Waals surface area contributed by atoms with Gasteiger partial charge in [0.25, 0.3) is 0 Å². The highest BCUT2D eigenvalue weighted by atomic mass is 32.1. The predicted molar refractivity (Wildman–Crippen MR) is 108 cm³/mol. The minimum Gasteiger partial charge on any atom is -0.379 e. The van der Waals surface area contributed by atoms with E-state index in [1.807, 2.05) is 6.07 Å². The summed E-state index contributed by atoms with van der Waals surface area (Å²) in [6.07, 6.45) is 1.56. The molecule has 0 amide bonds. The highest BCUT2D eigenvalue weighted by Gasteiger charge is 2.22. The molecular formula is C21H16F2N4OS. The molecule has 1 atom stereocenters. The van der Waals surface area contributed by atoms with E-state index < -0.39 is 17.7 Å². The zero-order valence-electron chi connectivity index (χ0n) is 15.4. The highest BCUT2D eigenvalue weighted by Crippen LogP contribution is 2.33. The van der Waals surface area contributed by atoms with Crippen molar-refractivity contribution < 1.29 is 13.5 Å². The molecule has 0 bridgehead atoms. The van der Waals surface area contributed by atoms with Gasteiger partial charge in [0.1, 0.15) is 6.04 Å². The fraction of sp³-hybridized carbons (Fsp3) is 0.143. The number of methoxy groups -OCH3 is 1. The van der Waals surface area contributed by atoms with Crippen LogP contribution in [0.4, 0.5) is 14.5 Å². The molecule has 0 radical (unpaired) electrons. The molecule has 8 heteroatoms. The Morgan fingerprint density at radius 3 is 2.90 bits per heavy atom. The van der Waals surface area contributed by atoms with E-state index in [4.69, 9.17) is 4.74 Å². The monoisotopic (exact) mass is 410 g/mol. The molecule has 0 spiro atoms. The third-order valence-corrected chi connectivity index (χ3v) is 5.45. The second-order valence-electron chi connectivity index (χ2n) is 6.41. The molecule has 2 aromatic heterocycles. The maximum absolute atomic E-state index is 14.8. The minimum atomic E-state index is -1.05. The second kappa shape index (κ2) is 7.99. The molecule has 5 nitrogen and oxygen atoms in total. The summed E-state index contributed by atoms with van der Waals surface area (Å²) in [6, 6.07) is 10.9. The van der Waals surface area contributed by atoms with E-state index in [2.05, 4.69) is 15.3 Å². The van der Waals surface area contributed by atoms with Crippen LogP contribution in [0.2, 0.25) is 0 Å². The van der Waals surface area contributed by atoms with Gasteiger partial charge in [0, 0.05) is 28.8 Å². The van der Waals surface area contributed by atoms with Gasteiger partial charge >= 0.3 is 0 Å². The van der Waals surface area contributed by atoms with Crippen LogP contribution >= 0.6 is 11.3 Å². The van der Waals surface area contributed by atoms with Crippen molar-refractivity contribution in [1.82, 2.24) is 9.97 Å². The van der Waals surface area contributed by atoms with Gasteiger partial charge in [-0.25, -0.2) is 13.8 Å². The molecule has 0 saturated heterocycles. The molecule has 0 aliphatic rings. The number of hydrogen-bond donors (Lipinski definition) is 2. The van der Waals surface area contributed by atoms with Gasteiger partial charge in [0.05, 0.1) is 30.0 Å². The largest absolute Gasteiger partial charge is 0.379 e. The molecule has 0 saturated carbocycles. The van der Waals surface area contributed by atoms with Crippen molar-refractivity contribution >= 4 is 28.1 Å². The number of anilines is 1. The van der Waals surface area contributed by atoms with Gasteiger partial charge in [0.2, 0.25) is 0 Å². The second-order valence-corrected chi connectivity index (χ2v) is 7.40. The first-order chi connectivity index (χ1) is 14.1. The number of nitrogens with one attached hydrogen (secondary N) is 2. The number of fused-ring (bicyclic) bond motifs is 1. The van der Waals surface area contributed by atoms with Crippen molar-refractivity contribution in [3.8, 4) is 17.2 Å². The number of rotatable bonds is 6. The number of ether oxygens (including phenoxy) is 1. The van der Waals surface area contributed by atoms with Crippen LogP contribution < -0.4 is 5.32 Å². The number of H-pyrrole nitrogens is 1. The highest BCUT2D eigenvalue weighted by molar-refractivity contribution is 7.10. The molecule has 4 aromatic rings. The van der Waals surface area contributed by atoms with E-state index in [-0.39, 0.29) is 11.1 Å². The molecule has 2 heterocycles. The third-order valence-electron chi connectivity index (χ3n) is 4.53. The van der Waals surface area contributed by atoms with Crippen LogP contribution in [0.5, 0.6) is 0 Å². The topological polar surface area (TPSA) is 73.7 Å². The van der Waals surface area contributed by atoms with Crippen LogP contribution in [0.3, 0.4) is 0 Å². The zero-order valence-corrected chi connectivity index (χ0v) is 16.2. The Balaban J connectivity index is 1.64. The van der Waals surface area contributed by atoms with Crippen LogP contribution in [-0.2, 0) is 11.3 Å². The normalized spacial score (nSPS) is 12.1. The first-order valence-corrected chi connectivity index (χ1v) is 9.62. The summed E-state index contributed by atoms with van der Waals surface area (Å²) in [5, 5.41) is 14.2. The van der Waals surface area contributed by atoms with Crippen LogP contribution in [0.1, 0.15) is 16.5 Å². The molecule has 0 fully saturated rings. The maximum Gasteiger partial charge on any atom is 0.167 e. The van der Waals surface area contributed by atoms with Gasteiger partial charge < -0.3 is 15.0 Å². The van der Waals surface area contributed by atoms with Crippen LogP contribution in [0, 0.1) is 23.0 Å². The summed E-state index contributed by atoms with van der Waals surface area (Å²) in [6.45, 7) is 0.411. The molecule has 1 unspecified atom stereocenters. The van der Waals surface area contributed by atoms with Crippen molar-refractivity contribution in [3.05, 3.63) is 70.2 Å². The van der Waals surface area contributed by atoms with E-state index in [9.17, 15) is 14.0 Å². The number of thiophene rings is 1. The van der Waals surface area contributed by atoms with Gasteiger partial charge in [-0.2, -0.15) is 5.26 Å². The number of benzene rings is 2. The van der Waals surface area contributed by atoms with E-state index >= 15 is 0 Å². The Morgan fingerprint density at radius 2 is 2.10 bits per heavy atom. The lowest BCUT2D eigenvalue weighted by atomic mass is 10.0. The van der Waals surface area contributed by atoms with Crippen molar-refractivity contribution in [2.75, 3.05) is 12.4 Å². The van der Waals surface area contributed by atoms with Gasteiger partial charge in [0.15, 0.2) is 11.6 Å². The summed E-state index contributed by atoms with van der Waals surface area (Å²) < 4.78 is 34.7. The zero-order chi connectivity index (χ0) is 20.4. The summed E-state index contributed by atoms with van der Waals surface area (Å²) in [7, 11) is 1.58. The van der Waals surface area contributed by atoms with Crippen molar-refractivity contribution in [2.24, 2.45) is 0 Å². The molecule has 2 aromatic carbocycles. The average molecular weight is 410 g/mol. The lowest BCUT2D eigenvalue weighted by molar-refractivity contribution is 0.187. The Bertz CT molecular complexity index is 1210. The first-order valence-electron chi connectivity index (χ1n) is 8.74. The molecular weight excluding hydrogens is 394 g/mol. The fourth-order valence-electron chi connectivity index (χ4n) is 3.12. The summed E-state index contributed by atoms with van der Waals surface area (Å²) >= 11 is 1.42. The van der Waals surface area contributed by atoms with Crippen molar-refractivity contribution in [3.63, 3.8) is 0 Å². The molecule has 29 heavy (non-hydrogen) atoms. The maximum atomic E-state index is 14.8. The Labute approximate surface area is 169 Å². The number of hydrogen-bond acceptors (Lipinski definition) is 5. The van der Waals surface area contributed by atoms with Gasteiger partial charge in [-0.1, -0.05) is 12.1 Å². The fourth-order valence-corrected chi connectivity index (χ4v) is 3.98. The van der Waals surface area contributed by atoms with Gasteiger partial charge in [-0.05, 0) is 35.2 Å². The predicted octanol–water partition coefficient (Wildman–Crippen LogP) is 5.39. The summed E-state index contributed by atoms with van der Waals surface area (Å²) in [5.41, 5.74) is 2.83.